The molecular formula is C18H16Cl2N2O3S. The number of thiol groups is 1. The highest BCUT2D eigenvalue weighted by Gasteiger charge is 2.38. The average Bonchev–Trinajstić information content (AvgIpc) is 3.10. The molecule has 136 valence electrons. The molecule has 3 aromatic rings. The van der Waals surface area contributed by atoms with Gasteiger partial charge in [-0.2, -0.15) is 0 Å². The van der Waals surface area contributed by atoms with E-state index in [1.54, 1.807) is 16.7 Å². The lowest BCUT2D eigenvalue weighted by molar-refractivity contribution is -0.0173. The number of fused-ring (bicyclic) bond motifs is 1. The van der Waals surface area contributed by atoms with Crippen molar-refractivity contribution in [2.75, 3.05) is 6.61 Å². The Morgan fingerprint density at radius 3 is 2.62 bits per heavy atom. The predicted molar refractivity (Wildman–Crippen MR) is 103 cm³/mol. The van der Waals surface area contributed by atoms with Gasteiger partial charge in [-0.25, -0.2) is 4.98 Å². The Morgan fingerprint density at radius 1 is 1.19 bits per heavy atom. The van der Waals surface area contributed by atoms with E-state index in [-0.39, 0.29) is 6.61 Å². The normalized spacial score (nSPS) is 23.0. The first-order chi connectivity index (χ1) is 12.5. The van der Waals surface area contributed by atoms with E-state index >= 15 is 0 Å². The van der Waals surface area contributed by atoms with Gasteiger partial charge in [-0.1, -0.05) is 41.4 Å². The largest absolute Gasteiger partial charge is 0.388 e. The summed E-state index contributed by atoms with van der Waals surface area (Å²) in [5, 5.41) is 21.0. The lowest BCUT2D eigenvalue weighted by atomic mass is 10.1. The Bertz CT molecular complexity index is 978. The van der Waals surface area contributed by atoms with Crippen molar-refractivity contribution in [3.63, 3.8) is 0 Å². The highest BCUT2D eigenvalue weighted by molar-refractivity contribution is 7.80. The van der Waals surface area contributed by atoms with Crippen molar-refractivity contribution in [2.45, 2.75) is 29.8 Å². The molecule has 1 aliphatic rings. The quantitative estimate of drug-likeness (QED) is 0.578. The molecule has 0 spiro atoms. The summed E-state index contributed by atoms with van der Waals surface area (Å²) < 4.78 is 7.41. The van der Waals surface area contributed by atoms with E-state index in [9.17, 15) is 10.2 Å². The van der Waals surface area contributed by atoms with E-state index in [1.165, 1.54) is 0 Å². The van der Waals surface area contributed by atoms with Crippen LogP contribution < -0.4 is 0 Å². The molecule has 1 unspecified atom stereocenters. The van der Waals surface area contributed by atoms with Crippen molar-refractivity contribution in [3.8, 4) is 0 Å². The van der Waals surface area contributed by atoms with Crippen molar-refractivity contribution in [1.29, 1.82) is 0 Å². The summed E-state index contributed by atoms with van der Waals surface area (Å²) in [4.78, 5) is 5.51. The summed E-state index contributed by atoms with van der Waals surface area (Å²) in [6, 6.07) is 11.1. The van der Waals surface area contributed by atoms with Gasteiger partial charge in [0.1, 0.15) is 18.0 Å². The number of ether oxygens (including phenoxy) is 1. The smallest absolute Gasteiger partial charge is 0.164 e. The molecule has 0 amide bonds. The standard InChI is InChI=1S/C18H16Cl2N2O3S/c19-10-6-12-13(7-11(10)20)22(18-17(24)14(23)8-25-18)16(21-12)5-9-3-1-2-4-15(9)26/h1-4,6-7,14,17-18,23-24,26H,5,8H2/t14-,17-,18?/m1/s1. The van der Waals surface area contributed by atoms with Gasteiger partial charge in [-0.15, -0.1) is 12.6 Å². The number of rotatable bonds is 3. The van der Waals surface area contributed by atoms with Crippen LogP contribution in [0.25, 0.3) is 11.0 Å². The molecule has 0 aliphatic carbocycles. The molecule has 26 heavy (non-hydrogen) atoms. The third-order valence-corrected chi connectivity index (χ3v) is 5.68. The molecule has 1 aliphatic heterocycles. The molecule has 0 saturated carbocycles. The van der Waals surface area contributed by atoms with Gasteiger partial charge in [0.05, 0.1) is 27.7 Å². The lowest BCUT2D eigenvalue weighted by Crippen LogP contribution is -2.29. The molecule has 1 aromatic heterocycles. The summed E-state index contributed by atoms with van der Waals surface area (Å²) in [6.07, 6.45) is -2.29. The van der Waals surface area contributed by atoms with Crippen LogP contribution in [-0.4, -0.2) is 38.6 Å². The molecule has 0 radical (unpaired) electrons. The Kier molecular flexibility index (Phi) is 4.90. The van der Waals surface area contributed by atoms with Crippen LogP contribution in [0.1, 0.15) is 17.6 Å². The molecular weight excluding hydrogens is 395 g/mol. The zero-order chi connectivity index (χ0) is 18.4. The van der Waals surface area contributed by atoms with Crippen LogP contribution in [-0.2, 0) is 11.2 Å². The SMILES string of the molecule is O[C@@H]1COC(n2c(Cc3ccccc3S)nc3cc(Cl)c(Cl)cc32)[C@@H]1O. The maximum absolute atomic E-state index is 10.4. The zero-order valence-electron chi connectivity index (χ0n) is 13.5. The molecule has 0 bridgehead atoms. The van der Waals surface area contributed by atoms with E-state index in [4.69, 9.17) is 27.9 Å². The minimum absolute atomic E-state index is 0.0510. The summed E-state index contributed by atoms with van der Waals surface area (Å²) in [5.74, 6) is 0.665. The second kappa shape index (κ2) is 7.03. The minimum Gasteiger partial charge on any atom is -0.388 e. The predicted octanol–water partition coefficient (Wildman–Crippen LogP) is 3.47. The van der Waals surface area contributed by atoms with E-state index in [2.05, 4.69) is 17.6 Å². The van der Waals surface area contributed by atoms with Crippen LogP contribution in [0.15, 0.2) is 41.3 Å². The van der Waals surface area contributed by atoms with Crippen molar-refractivity contribution in [3.05, 3.63) is 57.8 Å². The van der Waals surface area contributed by atoms with Crippen LogP contribution in [0.3, 0.4) is 0 Å². The molecule has 5 nitrogen and oxygen atoms in total. The van der Waals surface area contributed by atoms with Gasteiger partial charge < -0.3 is 14.9 Å². The number of benzene rings is 2. The zero-order valence-corrected chi connectivity index (χ0v) is 15.9. The van der Waals surface area contributed by atoms with Gasteiger partial charge in [0.25, 0.3) is 0 Å². The van der Waals surface area contributed by atoms with Crippen LogP contribution >= 0.6 is 35.8 Å². The number of imidazole rings is 1. The second-order valence-corrected chi connectivity index (χ2v) is 7.54. The van der Waals surface area contributed by atoms with Gasteiger partial charge >= 0.3 is 0 Å². The Hall–Kier alpha value is -1.28. The summed E-state index contributed by atoms with van der Waals surface area (Å²) >= 11 is 16.8. The number of hydrogen-bond acceptors (Lipinski definition) is 5. The number of halogens is 2. The summed E-state index contributed by atoms with van der Waals surface area (Å²) in [5.41, 5.74) is 2.31. The number of aliphatic hydroxyl groups excluding tert-OH is 2. The highest BCUT2D eigenvalue weighted by Crippen LogP contribution is 2.34. The van der Waals surface area contributed by atoms with Crippen molar-refractivity contribution in [1.82, 2.24) is 9.55 Å². The Labute approximate surface area is 165 Å². The average molecular weight is 411 g/mol. The van der Waals surface area contributed by atoms with Crippen molar-refractivity contribution in [2.24, 2.45) is 0 Å². The van der Waals surface area contributed by atoms with E-state index in [0.717, 1.165) is 10.5 Å². The Morgan fingerprint density at radius 2 is 1.92 bits per heavy atom. The van der Waals surface area contributed by atoms with E-state index in [0.29, 0.717) is 33.3 Å². The minimum atomic E-state index is -1.06. The van der Waals surface area contributed by atoms with Gasteiger partial charge in [0.15, 0.2) is 6.23 Å². The van der Waals surface area contributed by atoms with Crippen molar-refractivity contribution >= 4 is 46.9 Å². The molecule has 2 N–H and O–H groups in total. The maximum atomic E-state index is 10.4. The topological polar surface area (TPSA) is 67.5 Å². The summed E-state index contributed by atoms with van der Waals surface area (Å²) in [6.45, 7) is 0.0510. The number of hydrogen-bond donors (Lipinski definition) is 3. The van der Waals surface area contributed by atoms with Crippen LogP contribution in [0, 0.1) is 0 Å². The first-order valence-electron chi connectivity index (χ1n) is 8.06. The lowest BCUT2D eigenvalue weighted by Gasteiger charge is -2.20. The maximum Gasteiger partial charge on any atom is 0.164 e. The second-order valence-electron chi connectivity index (χ2n) is 6.24. The van der Waals surface area contributed by atoms with Crippen LogP contribution in [0.5, 0.6) is 0 Å². The number of aromatic nitrogens is 2. The molecule has 2 aromatic carbocycles. The summed E-state index contributed by atoms with van der Waals surface area (Å²) in [7, 11) is 0. The molecule has 4 rings (SSSR count). The monoisotopic (exact) mass is 410 g/mol. The fraction of sp³-hybridized carbons (Fsp3) is 0.278. The molecule has 1 saturated heterocycles. The van der Waals surface area contributed by atoms with Gasteiger partial charge in [-0.05, 0) is 23.8 Å². The molecule has 3 atom stereocenters. The molecule has 8 heteroatoms. The fourth-order valence-electron chi connectivity index (χ4n) is 3.19. The highest BCUT2D eigenvalue weighted by atomic mass is 35.5. The third-order valence-electron chi connectivity index (χ3n) is 4.52. The van der Waals surface area contributed by atoms with Crippen molar-refractivity contribution < 1.29 is 14.9 Å². The van der Waals surface area contributed by atoms with Gasteiger partial charge in [-0.3, -0.25) is 4.57 Å². The Balaban J connectivity index is 1.88. The molecule has 1 fully saturated rings. The van der Waals surface area contributed by atoms with Gasteiger partial charge in [0, 0.05) is 11.3 Å². The molecule has 2 heterocycles. The first kappa shape index (κ1) is 18.1. The van der Waals surface area contributed by atoms with E-state index in [1.807, 2.05) is 24.3 Å². The number of aliphatic hydroxyl groups is 2. The fourth-order valence-corrected chi connectivity index (χ4v) is 3.75. The third kappa shape index (κ3) is 3.11. The number of nitrogens with zero attached hydrogens (tertiary/aromatic N) is 2. The van der Waals surface area contributed by atoms with Crippen LogP contribution in [0.4, 0.5) is 0 Å². The van der Waals surface area contributed by atoms with E-state index < -0.39 is 18.4 Å². The van der Waals surface area contributed by atoms with Crippen LogP contribution in [0.2, 0.25) is 10.0 Å². The van der Waals surface area contributed by atoms with Gasteiger partial charge in [0.2, 0.25) is 0 Å². The first-order valence-corrected chi connectivity index (χ1v) is 9.26.